The summed E-state index contributed by atoms with van der Waals surface area (Å²) in [4.78, 5) is 4.48. The Morgan fingerprint density at radius 3 is 2.72 bits per heavy atom. The number of aliphatic hydroxyl groups is 1. The topological polar surface area (TPSA) is 58.3 Å². The number of para-hydroxylation sites is 2. The van der Waals surface area contributed by atoms with Crippen LogP contribution in [0.5, 0.6) is 0 Å². The Kier molecular flexibility index (Phi) is 4.19. The number of hydrogen-bond acceptors (Lipinski definition) is 4. The average molecular weight is 330 g/mol. The van der Waals surface area contributed by atoms with E-state index in [4.69, 9.17) is 4.42 Å². The van der Waals surface area contributed by atoms with Crippen LogP contribution in [0.25, 0.3) is 22.2 Å². The number of fused-ring (bicyclic) bond motifs is 1. The number of aliphatic hydroxyl groups excluding tert-OH is 1. The van der Waals surface area contributed by atoms with Crippen molar-refractivity contribution in [3.8, 4) is 11.3 Å². The highest BCUT2D eigenvalue weighted by Gasteiger charge is 2.09. The third kappa shape index (κ3) is 3.12. The standard InChI is InChI=1S/C21H18N2O2/c24-14-16-5-1-2-9-19(16)23-13-17-10-11-20(25-17)18-8-3-6-15-7-4-12-22-21(15)18/h1-12,23-24H,13-14H2. The van der Waals surface area contributed by atoms with Gasteiger partial charge >= 0.3 is 0 Å². The van der Waals surface area contributed by atoms with Gasteiger partial charge in [-0.2, -0.15) is 0 Å². The largest absolute Gasteiger partial charge is 0.459 e. The third-order valence-corrected chi connectivity index (χ3v) is 4.20. The summed E-state index contributed by atoms with van der Waals surface area (Å²) in [6.45, 7) is 0.559. The van der Waals surface area contributed by atoms with Gasteiger partial charge in [0.05, 0.1) is 18.7 Å². The lowest BCUT2D eigenvalue weighted by molar-refractivity contribution is 0.282. The summed E-state index contributed by atoms with van der Waals surface area (Å²) in [5, 5.41) is 13.8. The van der Waals surface area contributed by atoms with E-state index in [2.05, 4.69) is 10.3 Å². The minimum Gasteiger partial charge on any atom is -0.459 e. The maximum Gasteiger partial charge on any atom is 0.136 e. The van der Waals surface area contributed by atoms with Crippen LogP contribution in [0.1, 0.15) is 11.3 Å². The molecule has 0 bridgehead atoms. The lowest BCUT2D eigenvalue weighted by Gasteiger charge is -2.09. The zero-order valence-corrected chi connectivity index (χ0v) is 13.6. The first-order valence-corrected chi connectivity index (χ1v) is 8.20. The van der Waals surface area contributed by atoms with Crippen molar-refractivity contribution in [2.45, 2.75) is 13.2 Å². The predicted octanol–water partition coefficient (Wildman–Crippen LogP) is 4.60. The van der Waals surface area contributed by atoms with E-state index in [-0.39, 0.29) is 6.61 Å². The first-order valence-electron chi connectivity index (χ1n) is 8.20. The number of benzene rings is 2. The number of rotatable bonds is 5. The number of pyridine rings is 1. The van der Waals surface area contributed by atoms with E-state index >= 15 is 0 Å². The van der Waals surface area contributed by atoms with Crippen LogP contribution in [0, 0.1) is 0 Å². The summed E-state index contributed by atoms with van der Waals surface area (Å²) in [7, 11) is 0. The van der Waals surface area contributed by atoms with E-state index in [9.17, 15) is 5.11 Å². The van der Waals surface area contributed by atoms with Gasteiger partial charge in [-0.05, 0) is 30.3 Å². The maximum absolute atomic E-state index is 9.40. The van der Waals surface area contributed by atoms with Crippen molar-refractivity contribution in [2.75, 3.05) is 5.32 Å². The Hall–Kier alpha value is -3.11. The number of nitrogens with one attached hydrogen (secondary N) is 1. The molecule has 0 fully saturated rings. The molecule has 2 aromatic carbocycles. The molecule has 124 valence electrons. The Balaban J connectivity index is 1.58. The van der Waals surface area contributed by atoms with Crippen molar-refractivity contribution in [3.63, 3.8) is 0 Å². The molecule has 25 heavy (non-hydrogen) atoms. The molecule has 4 aromatic rings. The Morgan fingerprint density at radius 2 is 1.80 bits per heavy atom. The molecule has 0 unspecified atom stereocenters. The molecule has 0 aliphatic rings. The molecule has 2 aromatic heterocycles. The van der Waals surface area contributed by atoms with Gasteiger partial charge < -0.3 is 14.8 Å². The van der Waals surface area contributed by atoms with Crippen molar-refractivity contribution in [1.29, 1.82) is 0 Å². The Labute approximate surface area is 145 Å². The molecule has 4 heteroatoms. The minimum atomic E-state index is 0.00819. The molecule has 0 atom stereocenters. The van der Waals surface area contributed by atoms with E-state index in [0.29, 0.717) is 6.54 Å². The molecule has 4 rings (SSSR count). The van der Waals surface area contributed by atoms with Gasteiger partial charge in [-0.1, -0.05) is 36.4 Å². The third-order valence-electron chi connectivity index (χ3n) is 4.20. The first kappa shape index (κ1) is 15.4. The molecule has 0 amide bonds. The SMILES string of the molecule is OCc1ccccc1NCc1ccc(-c2cccc3cccnc23)o1. The fraction of sp³-hybridized carbons (Fsp3) is 0.0952. The highest BCUT2D eigenvalue weighted by atomic mass is 16.3. The number of nitrogens with zero attached hydrogens (tertiary/aromatic N) is 1. The van der Waals surface area contributed by atoms with Gasteiger partial charge in [-0.25, -0.2) is 0 Å². The second kappa shape index (κ2) is 6.79. The zero-order chi connectivity index (χ0) is 17.1. The van der Waals surface area contributed by atoms with E-state index in [1.54, 1.807) is 6.20 Å². The van der Waals surface area contributed by atoms with Crippen molar-refractivity contribution in [2.24, 2.45) is 0 Å². The summed E-state index contributed by atoms with van der Waals surface area (Å²) in [5.74, 6) is 1.63. The summed E-state index contributed by atoms with van der Waals surface area (Å²) in [6.07, 6.45) is 1.79. The van der Waals surface area contributed by atoms with Crippen molar-refractivity contribution < 1.29 is 9.52 Å². The van der Waals surface area contributed by atoms with Crippen LogP contribution in [0.3, 0.4) is 0 Å². The zero-order valence-electron chi connectivity index (χ0n) is 13.6. The molecule has 2 heterocycles. The Bertz CT molecular complexity index is 1000. The molecule has 0 spiro atoms. The average Bonchev–Trinajstić information content (AvgIpc) is 3.15. The van der Waals surface area contributed by atoms with Crippen molar-refractivity contribution >= 4 is 16.6 Å². The van der Waals surface area contributed by atoms with Gasteiger partial charge in [0.2, 0.25) is 0 Å². The molecular weight excluding hydrogens is 312 g/mol. The molecule has 0 radical (unpaired) electrons. The normalized spacial score (nSPS) is 10.9. The summed E-state index contributed by atoms with van der Waals surface area (Å²) >= 11 is 0. The number of aromatic nitrogens is 1. The summed E-state index contributed by atoms with van der Waals surface area (Å²) < 4.78 is 6.01. The highest BCUT2D eigenvalue weighted by molar-refractivity contribution is 5.92. The van der Waals surface area contributed by atoms with Crippen LogP contribution in [0.4, 0.5) is 5.69 Å². The van der Waals surface area contributed by atoms with Crippen molar-refractivity contribution in [3.05, 3.63) is 84.3 Å². The first-order chi connectivity index (χ1) is 12.3. The van der Waals surface area contributed by atoms with Crippen LogP contribution in [0.2, 0.25) is 0 Å². The second-order valence-corrected chi connectivity index (χ2v) is 5.82. The number of anilines is 1. The summed E-state index contributed by atoms with van der Waals surface area (Å²) in [6, 6.07) is 21.7. The quantitative estimate of drug-likeness (QED) is 0.561. The lowest BCUT2D eigenvalue weighted by Crippen LogP contribution is -2.01. The van der Waals surface area contributed by atoms with E-state index in [1.165, 1.54) is 0 Å². The maximum atomic E-state index is 9.40. The molecule has 2 N–H and O–H groups in total. The molecule has 0 aliphatic heterocycles. The number of hydrogen-bond donors (Lipinski definition) is 2. The van der Waals surface area contributed by atoms with Gasteiger partial charge in [0.25, 0.3) is 0 Å². The van der Waals surface area contributed by atoms with Crippen molar-refractivity contribution in [1.82, 2.24) is 4.98 Å². The lowest BCUT2D eigenvalue weighted by atomic mass is 10.1. The fourth-order valence-electron chi connectivity index (χ4n) is 2.93. The molecular formula is C21H18N2O2. The van der Waals surface area contributed by atoms with Crippen LogP contribution >= 0.6 is 0 Å². The van der Waals surface area contributed by atoms with Gasteiger partial charge in [0.15, 0.2) is 0 Å². The van der Waals surface area contributed by atoms with E-state index in [1.807, 2.05) is 66.7 Å². The van der Waals surface area contributed by atoms with Crippen LogP contribution in [0.15, 0.2) is 77.3 Å². The smallest absolute Gasteiger partial charge is 0.136 e. The van der Waals surface area contributed by atoms with Crippen LogP contribution < -0.4 is 5.32 Å². The van der Waals surface area contributed by atoms with Crippen LogP contribution in [-0.2, 0) is 13.2 Å². The van der Waals surface area contributed by atoms with Gasteiger partial charge in [0, 0.05) is 28.4 Å². The van der Waals surface area contributed by atoms with Crippen LogP contribution in [-0.4, -0.2) is 10.1 Å². The highest BCUT2D eigenvalue weighted by Crippen LogP contribution is 2.29. The monoisotopic (exact) mass is 330 g/mol. The minimum absolute atomic E-state index is 0.00819. The molecule has 0 saturated carbocycles. The number of furan rings is 1. The summed E-state index contributed by atoms with van der Waals surface area (Å²) in [5.41, 5.74) is 3.70. The van der Waals surface area contributed by atoms with Gasteiger partial charge in [-0.3, -0.25) is 4.98 Å². The Morgan fingerprint density at radius 1 is 0.920 bits per heavy atom. The second-order valence-electron chi connectivity index (χ2n) is 5.82. The molecule has 0 aliphatic carbocycles. The molecule has 4 nitrogen and oxygen atoms in total. The van der Waals surface area contributed by atoms with E-state index in [0.717, 1.165) is 39.2 Å². The predicted molar refractivity (Wildman–Crippen MR) is 99.1 cm³/mol. The van der Waals surface area contributed by atoms with E-state index < -0.39 is 0 Å². The molecule has 0 saturated heterocycles. The fourth-order valence-corrected chi connectivity index (χ4v) is 2.93. The van der Waals surface area contributed by atoms with Gasteiger partial charge in [0.1, 0.15) is 11.5 Å². The van der Waals surface area contributed by atoms with Gasteiger partial charge in [-0.15, -0.1) is 0 Å².